The van der Waals surface area contributed by atoms with Gasteiger partial charge in [-0.25, -0.2) is 0 Å². The molecule has 0 aromatic carbocycles. The zero-order valence-corrected chi connectivity index (χ0v) is 10.6. The van der Waals surface area contributed by atoms with Crippen LogP contribution in [0, 0.1) is 17.3 Å². The summed E-state index contributed by atoms with van der Waals surface area (Å²) >= 11 is 0. The number of halogens is 3. The van der Waals surface area contributed by atoms with Crippen LogP contribution in [0.4, 0.5) is 13.2 Å². The molecule has 2 bridgehead atoms. The summed E-state index contributed by atoms with van der Waals surface area (Å²) in [5, 5.41) is 9.05. The third-order valence-electron chi connectivity index (χ3n) is 5.42. The first-order valence-corrected chi connectivity index (χ1v) is 6.88. The lowest BCUT2D eigenvalue weighted by Gasteiger charge is -2.33. The van der Waals surface area contributed by atoms with Gasteiger partial charge >= 0.3 is 12.1 Å². The van der Waals surface area contributed by atoms with Crippen LogP contribution in [-0.4, -0.2) is 41.3 Å². The third kappa shape index (κ3) is 1.87. The summed E-state index contributed by atoms with van der Waals surface area (Å²) in [7, 11) is 0. The molecule has 3 nitrogen and oxygen atoms in total. The van der Waals surface area contributed by atoms with Crippen molar-refractivity contribution in [2.45, 2.75) is 44.3 Å². The first-order chi connectivity index (χ1) is 8.83. The van der Waals surface area contributed by atoms with E-state index in [0.29, 0.717) is 11.8 Å². The second-order valence-corrected chi connectivity index (χ2v) is 6.35. The third-order valence-corrected chi connectivity index (χ3v) is 5.42. The number of hydrogen-bond acceptors (Lipinski definition) is 2. The van der Waals surface area contributed by atoms with Gasteiger partial charge in [-0.3, -0.25) is 9.69 Å². The summed E-state index contributed by atoms with van der Waals surface area (Å²) < 4.78 is 39.3. The Kier molecular flexibility index (Phi) is 2.86. The predicted molar refractivity (Wildman–Crippen MR) is 61.5 cm³/mol. The Morgan fingerprint density at radius 3 is 2.42 bits per heavy atom. The van der Waals surface area contributed by atoms with Crippen molar-refractivity contribution in [3.05, 3.63) is 0 Å². The van der Waals surface area contributed by atoms with Crippen molar-refractivity contribution in [1.82, 2.24) is 4.90 Å². The molecule has 3 rings (SSSR count). The van der Waals surface area contributed by atoms with Crippen molar-refractivity contribution < 1.29 is 23.1 Å². The summed E-state index contributed by atoms with van der Waals surface area (Å²) in [6.45, 7) is -0.0978. The second-order valence-electron chi connectivity index (χ2n) is 6.35. The molecule has 1 N–H and O–H groups in total. The lowest BCUT2D eigenvalue weighted by Crippen LogP contribution is -2.48. The SMILES string of the molecule is O=C(O)C1(C(F)(F)F)CCN(C2CC3CCC2C3)C1. The van der Waals surface area contributed by atoms with E-state index in [9.17, 15) is 18.0 Å². The summed E-state index contributed by atoms with van der Waals surface area (Å²) in [6, 6.07) is 0.183. The second kappa shape index (κ2) is 4.11. The normalized spacial score (nSPS) is 43.0. The Morgan fingerprint density at radius 2 is 2.00 bits per heavy atom. The smallest absolute Gasteiger partial charge is 0.406 e. The van der Waals surface area contributed by atoms with Crippen molar-refractivity contribution >= 4 is 5.97 Å². The van der Waals surface area contributed by atoms with E-state index in [-0.39, 0.29) is 25.6 Å². The van der Waals surface area contributed by atoms with Gasteiger partial charge < -0.3 is 5.11 Å². The van der Waals surface area contributed by atoms with Crippen molar-refractivity contribution in [2.75, 3.05) is 13.1 Å². The maximum atomic E-state index is 13.1. The highest BCUT2D eigenvalue weighted by Crippen LogP contribution is 2.51. The number of carbonyl (C=O) groups is 1. The van der Waals surface area contributed by atoms with Gasteiger partial charge in [0.2, 0.25) is 0 Å². The molecular weight excluding hydrogens is 259 g/mol. The van der Waals surface area contributed by atoms with Gasteiger partial charge in [0, 0.05) is 12.6 Å². The molecule has 3 fully saturated rings. The molecule has 4 atom stereocenters. The Morgan fingerprint density at radius 1 is 1.26 bits per heavy atom. The summed E-state index contributed by atoms with van der Waals surface area (Å²) in [6.07, 6.45) is -0.604. The van der Waals surface area contributed by atoms with E-state index in [1.54, 1.807) is 4.90 Å². The number of nitrogens with zero attached hydrogens (tertiary/aromatic N) is 1. The maximum absolute atomic E-state index is 13.1. The molecular formula is C13H18F3NO2. The molecule has 1 aliphatic heterocycles. The van der Waals surface area contributed by atoms with E-state index in [4.69, 9.17) is 5.11 Å². The standard InChI is InChI=1S/C13H18F3NO2/c14-13(15,16)12(11(18)19)3-4-17(7-12)10-6-8-1-2-9(10)5-8/h8-10H,1-7H2,(H,18,19). The first-order valence-electron chi connectivity index (χ1n) is 6.88. The van der Waals surface area contributed by atoms with Gasteiger partial charge in [0.25, 0.3) is 0 Å². The van der Waals surface area contributed by atoms with E-state index < -0.39 is 17.6 Å². The zero-order chi connectivity index (χ0) is 13.8. The van der Waals surface area contributed by atoms with Crippen LogP contribution < -0.4 is 0 Å². The first kappa shape index (κ1) is 13.2. The van der Waals surface area contributed by atoms with E-state index in [1.807, 2.05) is 0 Å². The number of hydrogen-bond donors (Lipinski definition) is 1. The van der Waals surface area contributed by atoms with Gasteiger partial charge in [-0.2, -0.15) is 13.2 Å². The highest BCUT2D eigenvalue weighted by Gasteiger charge is 2.64. The van der Waals surface area contributed by atoms with Gasteiger partial charge in [0.1, 0.15) is 0 Å². The minimum Gasteiger partial charge on any atom is -0.481 e. The molecule has 19 heavy (non-hydrogen) atoms. The van der Waals surface area contributed by atoms with E-state index in [2.05, 4.69) is 0 Å². The summed E-state index contributed by atoms with van der Waals surface area (Å²) in [5.41, 5.74) is -2.55. The van der Waals surface area contributed by atoms with Crippen LogP contribution in [0.1, 0.15) is 32.1 Å². The van der Waals surface area contributed by atoms with Gasteiger partial charge in [0.05, 0.1) is 0 Å². The number of carboxylic acid groups (broad SMARTS) is 1. The summed E-state index contributed by atoms with van der Waals surface area (Å²) in [4.78, 5) is 12.9. The van der Waals surface area contributed by atoms with Crippen molar-refractivity contribution in [2.24, 2.45) is 17.3 Å². The molecule has 0 aromatic rings. The molecule has 0 radical (unpaired) electrons. The number of likely N-dealkylation sites (tertiary alicyclic amines) is 1. The molecule has 4 unspecified atom stereocenters. The molecule has 1 heterocycles. The minimum atomic E-state index is -4.66. The molecule has 0 aromatic heterocycles. The fraction of sp³-hybridized carbons (Fsp3) is 0.923. The van der Waals surface area contributed by atoms with Crippen LogP contribution in [0.2, 0.25) is 0 Å². The Balaban J connectivity index is 1.77. The molecule has 1 saturated heterocycles. The zero-order valence-electron chi connectivity index (χ0n) is 10.6. The molecule has 3 aliphatic rings. The Bertz CT molecular complexity index is 398. The van der Waals surface area contributed by atoms with Gasteiger partial charge in [-0.15, -0.1) is 0 Å². The molecule has 108 valence electrons. The van der Waals surface area contributed by atoms with Crippen LogP contribution in [0.25, 0.3) is 0 Å². The van der Waals surface area contributed by atoms with Crippen LogP contribution in [0.5, 0.6) is 0 Å². The topological polar surface area (TPSA) is 40.5 Å². The molecule has 0 amide bonds. The number of aliphatic carboxylic acids is 1. The van der Waals surface area contributed by atoms with Crippen molar-refractivity contribution in [1.29, 1.82) is 0 Å². The van der Waals surface area contributed by atoms with Crippen molar-refractivity contribution in [3.63, 3.8) is 0 Å². The van der Waals surface area contributed by atoms with E-state index in [1.165, 1.54) is 6.42 Å². The lowest BCUT2D eigenvalue weighted by atomic mass is 9.86. The fourth-order valence-corrected chi connectivity index (χ4v) is 4.31. The van der Waals surface area contributed by atoms with E-state index >= 15 is 0 Å². The molecule has 2 saturated carbocycles. The van der Waals surface area contributed by atoms with Crippen molar-refractivity contribution in [3.8, 4) is 0 Å². The maximum Gasteiger partial charge on any atom is 0.406 e. The largest absolute Gasteiger partial charge is 0.481 e. The van der Waals surface area contributed by atoms with Gasteiger partial charge in [-0.1, -0.05) is 6.42 Å². The number of alkyl halides is 3. The van der Waals surface area contributed by atoms with Crippen LogP contribution in [-0.2, 0) is 4.79 Å². The minimum absolute atomic E-state index is 0.183. The Labute approximate surface area is 109 Å². The quantitative estimate of drug-likeness (QED) is 0.843. The monoisotopic (exact) mass is 277 g/mol. The van der Waals surface area contributed by atoms with Gasteiger partial charge in [0.15, 0.2) is 5.41 Å². The van der Waals surface area contributed by atoms with Crippen LogP contribution in [0.3, 0.4) is 0 Å². The molecule has 6 heteroatoms. The van der Waals surface area contributed by atoms with Gasteiger partial charge in [-0.05, 0) is 44.1 Å². The average Bonchev–Trinajstić information content (AvgIpc) is 3.02. The number of fused-ring (bicyclic) bond motifs is 2. The molecule has 2 aliphatic carbocycles. The highest BCUT2D eigenvalue weighted by molar-refractivity contribution is 5.76. The summed E-state index contributed by atoms with van der Waals surface area (Å²) in [5.74, 6) is -0.575. The highest BCUT2D eigenvalue weighted by atomic mass is 19.4. The van der Waals surface area contributed by atoms with E-state index in [0.717, 1.165) is 19.3 Å². The number of rotatable bonds is 2. The average molecular weight is 277 g/mol. The van der Waals surface area contributed by atoms with Crippen LogP contribution in [0.15, 0.2) is 0 Å². The van der Waals surface area contributed by atoms with Crippen LogP contribution >= 0.6 is 0 Å². The fourth-order valence-electron chi connectivity index (χ4n) is 4.31. The lowest BCUT2D eigenvalue weighted by molar-refractivity contribution is -0.228. The molecule has 0 spiro atoms. The number of carboxylic acids is 1. The predicted octanol–water partition coefficient (Wildman–Crippen LogP) is 2.51. The Hall–Kier alpha value is -0.780.